The SMILES string of the molecule is CN(C)C(=O)C1(F)CCCNC1. The average molecular weight is 174 g/mol. The predicted molar refractivity (Wildman–Crippen MR) is 44.6 cm³/mol. The molecule has 1 aliphatic rings. The number of nitrogens with zero attached hydrogens (tertiary/aromatic N) is 1. The molecule has 1 atom stereocenters. The predicted octanol–water partition coefficient (Wildman–Crippen LogP) is 0.166. The van der Waals surface area contributed by atoms with Crippen molar-refractivity contribution in [2.24, 2.45) is 0 Å². The molecule has 1 saturated heterocycles. The van der Waals surface area contributed by atoms with E-state index in [0.717, 1.165) is 13.0 Å². The van der Waals surface area contributed by atoms with Crippen molar-refractivity contribution in [1.82, 2.24) is 10.2 Å². The second-order valence-corrected chi connectivity index (χ2v) is 3.45. The standard InChI is InChI=1S/C8H15FN2O/c1-11(2)7(12)8(9)4-3-5-10-6-8/h10H,3-6H2,1-2H3. The van der Waals surface area contributed by atoms with Gasteiger partial charge in [0.25, 0.3) is 5.91 Å². The zero-order valence-corrected chi connectivity index (χ0v) is 7.56. The molecule has 0 bridgehead atoms. The number of hydrogen-bond acceptors (Lipinski definition) is 2. The van der Waals surface area contributed by atoms with Crippen molar-refractivity contribution in [2.75, 3.05) is 27.2 Å². The largest absolute Gasteiger partial charge is 0.346 e. The zero-order valence-electron chi connectivity index (χ0n) is 7.56. The van der Waals surface area contributed by atoms with Gasteiger partial charge in [-0.2, -0.15) is 0 Å². The first kappa shape index (κ1) is 9.45. The number of carbonyl (C=O) groups excluding carboxylic acids is 1. The lowest BCUT2D eigenvalue weighted by Crippen LogP contribution is -2.52. The van der Waals surface area contributed by atoms with Crippen LogP contribution >= 0.6 is 0 Å². The molecule has 1 fully saturated rings. The highest BCUT2D eigenvalue weighted by Crippen LogP contribution is 2.22. The van der Waals surface area contributed by atoms with Crippen molar-refractivity contribution < 1.29 is 9.18 Å². The number of carbonyl (C=O) groups is 1. The fourth-order valence-electron chi connectivity index (χ4n) is 1.45. The average Bonchev–Trinajstić information content (AvgIpc) is 2.04. The zero-order chi connectivity index (χ0) is 9.19. The molecule has 70 valence electrons. The number of nitrogens with one attached hydrogen (secondary N) is 1. The molecule has 12 heavy (non-hydrogen) atoms. The van der Waals surface area contributed by atoms with Gasteiger partial charge < -0.3 is 10.2 Å². The lowest BCUT2D eigenvalue weighted by Gasteiger charge is -2.30. The highest BCUT2D eigenvalue weighted by molar-refractivity contribution is 5.85. The van der Waals surface area contributed by atoms with Crippen molar-refractivity contribution in [3.8, 4) is 0 Å². The summed E-state index contributed by atoms with van der Waals surface area (Å²) in [6.45, 7) is 0.969. The summed E-state index contributed by atoms with van der Waals surface area (Å²) in [5, 5.41) is 2.89. The van der Waals surface area contributed by atoms with Gasteiger partial charge in [0.15, 0.2) is 0 Å². The summed E-state index contributed by atoms with van der Waals surface area (Å²) >= 11 is 0. The van der Waals surface area contributed by atoms with Crippen LogP contribution in [0.3, 0.4) is 0 Å². The van der Waals surface area contributed by atoms with Gasteiger partial charge >= 0.3 is 0 Å². The molecule has 0 saturated carbocycles. The van der Waals surface area contributed by atoms with Gasteiger partial charge in [-0.05, 0) is 19.4 Å². The minimum atomic E-state index is -1.66. The smallest absolute Gasteiger partial charge is 0.261 e. The third-order valence-electron chi connectivity index (χ3n) is 2.12. The van der Waals surface area contributed by atoms with E-state index < -0.39 is 11.6 Å². The molecule has 0 aliphatic carbocycles. The van der Waals surface area contributed by atoms with Crippen LogP contribution < -0.4 is 5.32 Å². The number of rotatable bonds is 1. The van der Waals surface area contributed by atoms with E-state index in [9.17, 15) is 9.18 Å². The van der Waals surface area contributed by atoms with Crippen LogP contribution in [0.1, 0.15) is 12.8 Å². The van der Waals surface area contributed by atoms with Gasteiger partial charge in [-0.3, -0.25) is 4.79 Å². The van der Waals surface area contributed by atoms with Gasteiger partial charge in [-0.25, -0.2) is 4.39 Å². The molecule has 3 nitrogen and oxygen atoms in total. The van der Waals surface area contributed by atoms with Crippen LogP contribution in [0.15, 0.2) is 0 Å². The van der Waals surface area contributed by atoms with Gasteiger partial charge in [0.05, 0.1) is 0 Å². The minimum Gasteiger partial charge on any atom is -0.346 e. The van der Waals surface area contributed by atoms with Gasteiger partial charge in [0.2, 0.25) is 5.67 Å². The van der Waals surface area contributed by atoms with Gasteiger partial charge in [-0.1, -0.05) is 0 Å². The Morgan fingerprint density at radius 3 is 2.67 bits per heavy atom. The summed E-state index contributed by atoms with van der Waals surface area (Å²) in [6, 6.07) is 0. The van der Waals surface area contributed by atoms with E-state index in [1.54, 1.807) is 14.1 Å². The lowest BCUT2D eigenvalue weighted by atomic mass is 9.95. The van der Waals surface area contributed by atoms with Crippen LogP contribution in [0.2, 0.25) is 0 Å². The normalized spacial score (nSPS) is 29.9. The number of alkyl halides is 1. The first-order chi connectivity index (χ1) is 5.56. The Morgan fingerprint density at radius 1 is 1.58 bits per heavy atom. The Labute approximate surface area is 71.9 Å². The molecular formula is C8H15FN2O. The molecule has 1 rings (SSSR count). The summed E-state index contributed by atoms with van der Waals surface area (Å²) in [5.41, 5.74) is -1.66. The Hall–Kier alpha value is -0.640. The molecule has 0 aromatic carbocycles. The number of hydrogen-bond donors (Lipinski definition) is 1. The fourth-order valence-corrected chi connectivity index (χ4v) is 1.45. The van der Waals surface area contributed by atoms with Crippen molar-refractivity contribution in [1.29, 1.82) is 0 Å². The van der Waals surface area contributed by atoms with Crippen molar-refractivity contribution >= 4 is 5.91 Å². The van der Waals surface area contributed by atoms with Crippen LogP contribution in [-0.4, -0.2) is 43.7 Å². The molecule has 4 heteroatoms. The van der Waals surface area contributed by atoms with Crippen molar-refractivity contribution in [3.05, 3.63) is 0 Å². The Balaban J connectivity index is 2.62. The van der Waals surface area contributed by atoms with Crippen LogP contribution in [0.25, 0.3) is 0 Å². The third kappa shape index (κ3) is 1.75. The first-order valence-electron chi connectivity index (χ1n) is 4.18. The van der Waals surface area contributed by atoms with E-state index in [2.05, 4.69) is 5.32 Å². The highest BCUT2D eigenvalue weighted by atomic mass is 19.1. The van der Waals surface area contributed by atoms with E-state index >= 15 is 0 Å². The van der Waals surface area contributed by atoms with Crippen molar-refractivity contribution in [3.63, 3.8) is 0 Å². The molecule has 0 aromatic heterocycles. The maximum absolute atomic E-state index is 13.8. The van der Waals surface area contributed by atoms with Crippen LogP contribution in [0.4, 0.5) is 4.39 Å². The Bertz CT molecular complexity index is 176. The quantitative estimate of drug-likeness (QED) is 0.614. The summed E-state index contributed by atoms with van der Waals surface area (Å²) in [4.78, 5) is 12.6. The molecule has 0 radical (unpaired) electrons. The molecule has 1 heterocycles. The van der Waals surface area contributed by atoms with E-state index in [4.69, 9.17) is 0 Å². The summed E-state index contributed by atoms with van der Waals surface area (Å²) in [5.74, 6) is -0.422. The maximum atomic E-state index is 13.8. The van der Waals surface area contributed by atoms with E-state index in [-0.39, 0.29) is 6.54 Å². The summed E-state index contributed by atoms with van der Waals surface area (Å²) in [7, 11) is 3.16. The maximum Gasteiger partial charge on any atom is 0.261 e. The first-order valence-corrected chi connectivity index (χ1v) is 4.18. The topological polar surface area (TPSA) is 32.3 Å². The monoisotopic (exact) mass is 174 g/mol. The van der Waals surface area contributed by atoms with E-state index in [1.165, 1.54) is 4.90 Å². The Kier molecular flexibility index (Phi) is 2.67. The summed E-state index contributed by atoms with van der Waals surface area (Å²) < 4.78 is 13.8. The minimum absolute atomic E-state index is 0.157. The van der Waals surface area contributed by atoms with Gasteiger partial charge in [-0.15, -0.1) is 0 Å². The molecule has 0 spiro atoms. The second kappa shape index (κ2) is 3.39. The third-order valence-corrected chi connectivity index (χ3v) is 2.12. The highest BCUT2D eigenvalue weighted by Gasteiger charge is 2.40. The lowest BCUT2D eigenvalue weighted by molar-refractivity contribution is -0.142. The van der Waals surface area contributed by atoms with Crippen LogP contribution in [-0.2, 0) is 4.79 Å². The van der Waals surface area contributed by atoms with Gasteiger partial charge in [0, 0.05) is 20.6 Å². The van der Waals surface area contributed by atoms with Crippen LogP contribution in [0, 0.1) is 0 Å². The number of amides is 1. The molecule has 1 N–H and O–H groups in total. The second-order valence-electron chi connectivity index (χ2n) is 3.45. The Morgan fingerprint density at radius 2 is 2.25 bits per heavy atom. The number of piperidine rings is 1. The van der Waals surface area contributed by atoms with E-state index in [0.29, 0.717) is 6.42 Å². The van der Waals surface area contributed by atoms with E-state index in [1.807, 2.05) is 0 Å². The molecule has 1 unspecified atom stereocenters. The van der Waals surface area contributed by atoms with Gasteiger partial charge in [0.1, 0.15) is 0 Å². The molecular weight excluding hydrogens is 159 g/mol. The molecule has 0 aromatic rings. The molecule has 1 aliphatic heterocycles. The van der Waals surface area contributed by atoms with Crippen LogP contribution in [0.5, 0.6) is 0 Å². The number of halogens is 1. The molecule has 1 amide bonds. The van der Waals surface area contributed by atoms with Crippen molar-refractivity contribution in [2.45, 2.75) is 18.5 Å². The summed E-state index contributed by atoms with van der Waals surface area (Å²) in [6.07, 6.45) is 1.08. The fraction of sp³-hybridized carbons (Fsp3) is 0.875.